The van der Waals surface area contributed by atoms with Gasteiger partial charge in [0, 0.05) is 23.4 Å². The summed E-state index contributed by atoms with van der Waals surface area (Å²) in [6, 6.07) is 13.8. The van der Waals surface area contributed by atoms with Gasteiger partial charge in [-0.05, 0) is 17.5 Å². The Labute approximate surface area is 116 Å². The Balaban J connectivity index is 2.15. The van der Waals surface area contributed by atoms with Crippen LogP contribution in [0.4, 0.5) is 0 Å². The Hall–Kier alpha value is -2.33. The SMILES string of the molecule is COc1ccc(-c2cc(CCO)on2)c2ccccc12. The first-order valence-corrected chi connectivity index (χ1v) is 6.46. The van der Waals surface area contributed by atoms with Gasteiger partial charge in [0.2, 0.25) is 0 Å². The van der Waals surface area contributed by atoms with Crippen molar-refractivity contribution in [1.29, 1.82) is 0 Å². The highest BCUT2D eigenvalue weighted by molar-refractivity contribution is 5.99. The molecule has 3 rings (SSSR count). The van der Waals surface area contributed by atoms with Crippen LogP contribution in [0, 0.1) is 0 Å². The number of aliphatic hydroxyl groups excluding tert-OH is 1. The summed E-state index contributed by atoms with van der Waals surface area (Å²) in [5.41, 5.74) is 1.77. The fourth-order valence-corrected chi connectivity index (χ4v) is 2.34. The maximum atomic E-state index is 8.94. The molecule has 0 saturated heterocycles. The smallest absolute Gasteiger partial charge is 0.139 e. The molecule has 0 atom stereocenters. The minimum absolute atomic E-state index is 0.0536. The molecular weight excluding hydrogens is 254 g/mol. The van der Waals surface area contributed by atoms with Crippen molar-refractivity contribution in [3.05, 3.63) is 48.2 Å². The minimum atomic E-state index is 0.0536. The van der Waals surface area contributed by atoms with E-state index in [0.29, 0.717) is 12.2 Å². The Morgan fingerprint density at radius 2 is 1.95 bits per heavy atom. The molecule has 0 radical (unpaired) electrons. The average Bonchev–Trinajstić information content (AvgIpc) is 2.95. The van der Waals surface area contributed by atoms with Crippen LogP contribution in [-0.4, -0.2) is 24.0 Å². The largest absolute Gasteiger partial charge is 0.496 e. The Bertz CT molecular complexity index is 733. The summed E-state index contributed by atoms with van der Waals surface area (Å²) in [4.78, 5) is 0. The monoisotopic (exact) mass is 269 g/mol. The van der Waals surface area contributed by atoms with Crippen LogP contribution in [0.3, 0.4) is 0 Å². The molecule has 4 nitrogen and oxygen atoms in total. The topological polar surface area (TPSA) is 55.5 Å². The molecule has 1 aromatic heterocycles. The highest BCUT2D eigenvalue weighted by atomic mass is 16.5. The summed E-state index contributed by atoms with van der Waals surface area (Å²) in [5, 5.41) is 15.1. The van der Waals surface area contributed by atoms with Gasteiger partial charge < -0.3 is 14.4 Å². The Morgan fingerprint density at radius 1 is 1.15 bits per heavy atom. The van der Waals surface area contributed by atoms with Crippen molar-refractivity contribution in [2.24, 2.45) is 0 Å². The number of nitrogens with zero attached hydrogens (tertiary/aromatic N) is 1. The zero-order valence-corrected chi connectivity index (χ0v) is 11.2. The van der Waals surface area contributed by atoms with Gasteiger partial charge in [0.1, 0.15) is 17.2 Å². The van der Waals surface area contributed by atoms with E-state index < -0.39 is 0 Å². The van der Waals surface area contributed by atoms with Crippen LogP contribution < -0.4 is 4.74 Å². The molecule has 0 bridgehead atoms. The van der Waals surface area contributed by atoms with E-state index in [9.17, 15) is 0 Å². The van der Waals surface area contributed by atoms with Crippen molar-refractivity contribution in [2.45, 2.75) is 6.42 Å². The molecule has 1 N–H and O–H groups in total. The third-order valence-corrected chi connectivity index (χ3v) is 3.30. The maximum Gasteiger partial charge on any atom is 0.139 e. The fourth-order valence-electron chi connectivity index (χ4n) is 2.34. The minimum Gasteiger partial charge on any atom is -0.496 e. The Morgan fingerprint density at radius 3 is 2.70 bits per heavy atom. The van der Waals surface area contributed by atoms with Gasteiger partial charge in [0.05, 0.1) is 13.7 Å². The fraction of sp³-hybridized carbons (Fsp3) is 0.188. The molecule has 0 aliphatic heterocycles. The molecule has 102 valence electrons. The van der Waals surface area contributed by atoms with Crippen LogP contribution >= 0.6 is 0 Å². The van der Waals surface area contributed by atoms with Gasteiger partial charge in [-0.15, -0.1) is 0 Å². The van der Waals surface area contributed by atoms with Crippen molar-refractivity contribution in [1.82, 2.24) is 5.16 Å². The highest BCUT2D eigenvalue weighted by Gasteiger charge is 2.11. The summed E-state index contributed by atoms with van der Waals surface area (Å²) < 4.78 is 10.6. The van der Waals surface area contributed by atoms with Gasteiger partial charge in [-0.25, -0.2) is 0 Å². The van der Waals surface area contributed by atoms with E-state index in [4.69, 9.17) is 14.4 Å². The quantitative estimate of drug-likeness (QED) is 0.791. The predicted molar refractivity (Wildman–Crippen MR) is 76.8 cm³/mol. The van der Waals surface area contributed by atoms with Crippen molar-refractivity contribution < 1.29 is 14.4 Å². The lowest BCUT2D eigenvalue weighted by molar-refractivity contribution is 0.277. The second-order valence-electron chi connectivity index (χ2n) is 4.51. The molecule has 0 fully saturated rings. The molecule has 0 amide bonds. The second-order valence-corrected chi connectivity index (χ2v) is 4.51. The molecule has 0 spiro atoms. The predicted octanol–water partition coefficient (Wildman–Crippen LogP) is 3.04. The van der Waals surface area contributed by atoms with Crippen LogP contribution in [-0.2, 0) is 6.42 Å². The lowest BCUT2D eigenvalue weighted by atomic mass is 10.0. The molecule has 20 heavy (non-hydrogen) atoms. The van der Waals surface area contributed by atoms with E-state index >= 15 is 0 Å². The summed E-state index contributed by atoms with van der Waals surface area (Å²) in [6.07, 6.45) is 0.473. The van der Waals surface area contributed by atoms with Gasteiger partial charge in [-0.1, -0.05) is 29.4 Å². The number of fused-ring (bicyclic) bond motifs is 1. The lowest BCUT2D eigenvalue weighted by Gasteiger charge is -2.08. The van der Waals surface area contributed by atoms with Gasteiger partial charge >= 0.3 is 0 Å². The van der Waals surface area contributed by atoms with E-state index in [1.807, 2.05) is 42.5 Å². The molecular formula is C16H15NO3. The second kappa shape index (κ2) is 5.35. The summed E-state index contributed by atoms with van der Waals surface area (Å²) in [6.45, 7) is 0.0536. The van der Waals surface area contributed by atoms with Crippen LogP contribution in [0.15, 0.2) is 47.0 Å². The summed E-state index contributed by atoms with van der Waals surface area (Å²) in [7, 11) is 1.66. The molecule has 3 aromatic rings. The molecule has 0 unspecified atom stereocenters. The molecule has 4 heteroatoms. The number of aromatic nitrogens is 1. The normalized spacial score (nSPS) is 10.9. The van der Waals surface area contributed by atoms with E-state index in [-0.39, 0.29) is 6.61 Å². The third kappa shape index (κ3) is 2.14. The van der Waals surface area contributed by atoms with E-state index in [1.165, 1.54) is 0 Å². The van der Waals surface area contributed by atoms with Gasteiger partial charge in [-0.3, -0.25) is 0 Å². The first kappa shape index (κ1) is 12.7. The summed E-state index contributed by atoms with van der Waals surface area (Å²) in [5.74, 6) is 1.52. The van der Waals surface area contributed by atoms with Crippen molar-refractivity contribution in [3.63, 3.8) is 0 Å². The summed E-state index contributed by atoms with van der Waals surface area (Å²) >= 11 is 0. The molecule has 0 aliphatic carbocycles. The standard InChI is InChI=1S/C16H15NO3/c1-19-16-7-6-13(12-4-2-3-5-14(12)16)15-10-11(8-9-18)20-17-15/h2-7,10,18H,8-9H2,1H3. The Kier molecular flexibility index (Phi) is 3.39. The number of hydrogen-bond donors (Lipinski definition) is 1. The van der Waals surface area contributed by atoms with E-state index in [0.717, 1.165) is 27.8 Å². The zero-order valence-electron chi connectivity index (χ0n) is 11.2. The number of hydrogen-bond acceptors (Lipinski definition) is 4. The van der Waals surface area contributed by atoms with Gasteiger partial charge in [0.25, 0.3) is 0 Å². The molecule has 1 heterocycles. The molecule has 0 aliphatic rings. The number of aliphatic hydroxyl groups is 1. The van der Waals surface area contributed by atoms with Crippen LogP contribution in [0.1, 0.15) is 5.76 Å². The molecule has 0 saturated carbocycles. The van der Waals surface area contributed by atoms with Crippen molar-refractivity contribution in [3.8, 4) is 17.0 Å². The van der Waals surface area contributed by atoms with Gasteiger partial charge in [-0.2, -0.15) is 0 Å². The van der Waals surface area contributed by atoms with Crippen molar-refractivity contribution in [2.75, 3.05) is 13.7 Å². The lowest BCUT2D eigenvalue weighted by Crippen LogP contribution is -1.88. The number of methoxy groups -OCH3 is 1. The van der Waals surface area contributed by atoms with Crippen molar-refractivity contribution >= 4 is 10.8 Å². The first-order valence-electron chi connectivity index (χ1n) is 6.46. The van der Waals surface area contributed by atoms with Crippen LogP contribution in [0.2, 0.25) is 0 Å². The zero-order chi connectivity index (χ0) is 13.9. The van der Waals surface area contributed by atoms with Crippen LogP contribution in [0.25, 0.3) is 22.0 Å². The number of rotatable bonds is 4. The van der Waals surface area contributed by atoms with E-state index in [2.05, 4.69) is 5.16 Å². The maximum absolute atomic E-state index is 8.94. The van der Waals surface area contributed by atoms with Crippen LogP contribution in [0.5, 0.6) is 5.75 Å². The first-order chi connectivity index (χ1) is 9.83. The van der Waals surface area contributed by atoms with Gasteiger partial charge in [0.15, 0.2) is 0 Å². The highest BCUT2D eigenvalue weighted by Crippen LogP contribution is 2.33. The number of ether oxygens (including phenoxy) is 1. The number of benzene rings is 2. The molecule has 2 aromatic carbocycles. The average molecular weight is 269 g/mol. The third-order valence-electron chi connectivity index (χ3n) is 3.30. The van der Waals surface area contributed by atoms with E-state index in [1.54, 1.807) is 7.11 Å².